The summed E-state index contributed by atoms with van der Waals surface area (Å²) in [6.07, 6.45) is 5.34. The van der Waals surface area contributed by atoms with Crippen LogP contribution >= 0.6 is 0 Å². The molecule has 1 saturated carbocycles. The lowest BCUT2D eigenvalue weighted by Gasteiger charge is -2.20. The first-order valence-corrected chi connectivity index (χ1v) is 7.75. The number of hydrogen-bond donors (Lipinski definition) is 1. The predicted molar refractivity (Wildman–Crippen MR) is 82.2 cm³/mol. The van der Waals surface area contributed by atoms with Crippen LogP contribution in [-0.4, -0.2) is 25.9 Å². The summed E-state index contributed by atoms with van der Waals surface area (Å²) in [5, 5.41) is 3.55. The summed E-state index contributed by atoms with van der Waals surface area (Å²) in [5.74, 6) is 0.997. The molecule has 2 atom stereocenters. The number of ether oxygens (including phenoxy) is 2. The van der Waals surface area contributed by atoms with E-state index in [0.29, 0.717) is 18.2 Å². The minimum atomic E-state index is 0.314. The van der Waals surface area contributed by atoms with E-state index in [2.05, 4.69) is 43.4 Å². The van der Waals surface area contributed by atoms with Gasteiger partial charge in [-0.15, -0.1) is 0 Å². The van der Waals surface area contributed by atoms with Gasteiger partial charge in [0.2, 0.25) is 0 Å². The maximum atomic E-state index is 5.80. The lowest BCUT2D eigenvalue weighted by molar-refractivity contribution is 0.106. The summed E-state index contributed by atoms with van der Waals surface area (Å²) in [7, 11) is 1.77. The standard InChI is InChI=1S/C17H27NO2/c1-4-18-17(12-5-13(2)19-3)14-6-8-15(9-7-14)20-16-10-11-16/h6-9,13,16-18H,4-5,10-12H2,1-3H3. The molecule has 1 fully saturated rings. The van der Waals surface area contributed by atoms with E-state index < -0.39 is 0 Å². The van der Waals surface area contributed by atoms with E-state index in [0.717, 1.165) is 25.1 Å². The summed E-state index contributed by atoms with van der Waals surface area (Å²) in [6.45, 7) is 5.25. The minimum absolute atomic E-state index is 0.314. The molecule has 1 aliphatic rings. The van der Waals surface area contributed by atoms with Crippen molar-refractivity contribution in [3.05, 3.63) is 29.8 Å². The Bertz CT molecular complexity index is 386. The van der Waals surface area contributed by atoms with Crippen LogP contribution in [0.5, 0.6) is 5.75 Å². The molecule has 20 heavy (non-hydrogen) atoms. The maximum Gasteiger partial charge on any atom is 0.119 e. The smallest absolute Gasteiger partial charge is 0.119 e. The molecule has 1 aliphatic carbocycles. The molecular formula is C17H27NO2. The normalized spacial score (nSPS) is 17.8. The molecule has 0 heterocycles. The van der Waals surface area contributed by atoms with Crippen LogP contribution in [0.1, 0.15) is 51.1 Å². The molecule has 0 aromatic heterocycles. The Labute approximate surface area is 122 Å². The largest absolute Gasteiger partial charge is 0.490 e. The summed E-state index contributed by atoms with van der Waals surface area (Å²) in [6, 6.07) is 8.95. The molecule has 0 aliphatic heterocycles. The Balaban J connectivity index is 1.92. The molecule has 2 rings (SSSR count). The molecule has 1 aromatic carbocycles. The van der Waals surface area contributed by atoms with E-state index in [9.17, 15) is 0 Å². The third-order valence-electron chi connectivity index (χ3n) is 3.82. The molecule has 2 unspecified atom stereocenters. The summed E-state index contributed by atoms with van der Waals surface area (Å²) in [5.41, 5.74) is 1.33. The molecule has 1 aromatic rings. The second-order valence-corrected chi connectivity index (χ2v) is 5.62. The molecule has 0 saturated heterocycles. The van der Waals surface area contributed by atoms with Crippen LogP contribution in [0.2, 0.25) is 0 Å². The van der Waals surface area contributed by atoms with Crippen molar-refractivity contribution in [1.82, 2.24) is 5.32 Å². The zero-order chi connectivity index (χ0) is 14.4. The second-order valence-electron chi connectivity index (χ2n) is 5.62. The number of rotatable bonds is 9. The Morgan fingerprint density at radius 2 is 1.90 bits per heavy atom. The number of methoxy groups -OCH3 is 1. The van der Waals surface area contributed by atoms with E-state index in [1.165, 1.54) is 18.4 Å². The molecule has 0 radical (unpaired) electrons. The van der Waals surface area contributed by atoms with Crippen molar-refractivity contribution < 1.29 is 9.47 Å². The van der Waals surface area contributed by atoms with Gasteiger partial charge in [0.05, 0.1) is 12.2 Å². The van der Waals surface area contributed by atoms with Gasteiger partial charge in [-0.3, -0.25) is 0 Å². The predicted octanol–water partition coefficient (Wildman–Crippen LogP) is 3.69. The van der Waals surface area contributed by atoms with Gasteiger partial charge in [-0.05, 0) is 56.8 Å². The van der Waals surface area contributed by atoms with Crippen molar-refractivity contribution in [2.45, 2.75) is 57.8 Å². The highest BCUT2D eigenvalue weighted by molar-refractivity contribution is 5.29. The van der Waals surface area contributed by atoms with Crippen molar-refractivity contribution in [2.24, 2.45) is 0 Å². The highest BCUT2D eigenvalue weighted by Crippen LogP contribution is 2.28. The van der Waals surface area contributed by atoms with Gasteiger partial charge in [-0.25, -0.2) is 0 Å². The van der Waals surface area contributed by atoms with Crippen LogP contribution < -0.4 is 10.1 Å². The van der Waals surface area contributed by atoms with Crippen LogP contribution in [-0.2, 0) is 4.74 Å². The first-order valence-electron chi connectivity index (χ1n) is 7.75. The Hall–Kier alpha value is -1.06. The van der Waals surface area contributed by atoms with Gasteiger partial charge in [-0.1, -0.05) is 19.1 Å². The summed E-state index contributed by atoms with van der Waals surface area (Å²) < 4.78 is 11.1. The van der Waals surface area contributed by atoms with Crippen LogP contribution in [0.3, 0.4) is 0 Å². The maximum absolute atomic E-state index is 5.80. The fraction of sp³-hybridized carbons (Fsp3) is 0.647. The molecular weight excluding hydrogens is 250 g/mol. The van der Waals surface area contributed by atoms with Crippen molar-refractivity contribution in [1.29, 1.82) is 0 Å². The van der Waals surface area contributed by atoms with E-state index >= 15 is 0 Å². The molecule has 1 N–H and O–H groups in total. The van der Waals surface area contributed by atoms with Crippen LogP contribution in [0.15, 0.2) is 24.3 Å². The first-order chi connectivity index (χ1) is 9.72. The first kappa shape index (κ1) is 15.3. The average molecular weight is 277 g/mol. The van der Waals surface area contributed by atoms with Crippen molar-refractivity contribution in [2.75, 3.05) is 13.7 Å². The monoisotopic (exact) mass is 277 g/mol. The van der Waals surface area contributed by atoms with Gasteiger partial charge in [0.25, 0.3) is 0 Å². The lowest BCUT2D eigenvalue weighted by atomic mass is 10.00. The SMILES string of the molecule is CCNC(CCC(C)OC)c1ccc(OC2CC2)cc1. The zero-order valence-electron chi connectivity index (χ0n) is 12.9. The molecule has 3 nitrogen and oxygen atoms in total. The van der Waals surface area contributed by atoms with E-state index in [4.69, 9.17) is 9.47 Å². The van der Waals surface area contributed by atoms with Crippen LogP contribution in [0.25, 0.3) is 0 Å². The quantitative estimate of drug-likeness (QED) is 0.746. The van der Waals surface area contributed by atoms with Gasteiger partial charge in [0.1, 0.15) is 5.75 Å². The van der Waals surface area contributed by atoms with E-state index in [1.54, 1.807) is 7.11 Å². The van der Waals surface area contributed by atoms with E-state index in [1.807, 2.05) is 0 Å². The number of nitrogens with one attached hydrogen (secondary N) is 1. The fourth-order valence-corrected chi connectivity index (χ4v) is 2.31. The minimum Gasteiger partial charge on any atom is -0.490 e. The van der Waals surface area contributed by atoms with Crippen molar-refractivity contribution >= 4 is 0 Å². The van der Waals surface area contributed by atoms with Crippen LogP contribution in [0.4, 0.5) is 0 Å². The van der Waals surface area contributed by atoms with Gasteiger partial charge >= 0.3 is 0 Å². The third kappa shape index (κ3) is 4.80. The Kier molecular flexibility index (Phi) is 5.86. The van der Waals surface area contributed by atoms with E-state index in [-0.39, 0.29) is 0 Å². The van der Waals surface area contributed by atoms with Gasteiger partial charge in [0.15, 0.2) is 0 Å². The topological polar surface area (TPSA) is 30.5 Å². The molecule has 0 bridgehead atoms. The second kappa shape index (κ2) is 7.65. The van der Waals surface area contributed by atoms with Crippen molar-refractivity contribution in [3.8, 4) is 5.75 Å². The molecule has 112 valence electrons. The van der Waals surface area contributed by atoms with Gasteiger partial charge in [-0.2, -0.15) is 0 Å². The van der Waals surface area contributed by atoms with Crippen molar-refractivity contribution in [3.63, 3.8) is 0 Å². The highest BCUT2D eigenvalue weighted by atomic mass is 16.5. The number of hydrogen-bond acceptors (Lipinski definition) is 3. The Morgan fingerprint density at radius 3 is 2.45 bits per heavy atom. The third-order valence-corrected chi connectivity index (χ3v) is 3.82. The molecule has 3 heteroatoms. The summed E-state index contributed by atoms with van der Waals surface area (Å²) >= 11 is 0. The summed E-state index contributed by atoms with van der Waals surface area (Å²) in [4.78, 5) is 0. The fourth-order valence-electron chi connectivity index (χ4n) is 2.31. The van der Waals surface area contributed by atoms with Crippen LogP contribution in [0, 0.1) is 0 Å². The molecule has 0 spiro atoms. The van der Waals surface area contributed by atoms with Gasteiger partial charge < -0.3 is 14.8 Å². The zero-order valence-corrected chi connectivity index (χ0v) is 12.9. The molecule has 0 amide bonds. The lowest BCUT2D eigenvalue weighted by Crippen LogP contribution is -2.22. The van der Waals surface area contributed by atoms with Gasteiger partial charge in [0, 0.05) is 13.2 Å². The Morgan fingerprint density at radius 1 is 1.20 bits per heavy atom. The average Bonchev–Trinajstić information content (AvgIpc) is 3.28. The highest BCUT2D eigenvalue weighted by Gasteiger charge is 2.23. The number of benzene rings is 1.